The summed E-state index contributed by atoms with van der Waals surface area (Å²) in [7, 11) is 0. The molecule has 3 aliphatic carbocycles. The van der Waals surface area contributed by atoms with Crippen LogP contribution in [0.2, 0.25) is 0 Å². The second-order valence-corrected chi connectivity index (χ2v) is 7.37. The molecule has 2 atom stereocenters. The first-order valence-corrected chi connectivity index (χ1v) is 6.45. The van der Waals surface area contributed by atoms with Crippen molar-refractivity contribution in [1.29, 1.82) is 0 Å². The zero-order chi connectivity index (χ0) is 10.2. The van der Waals surface area contributed by atoms with Crippen LogP contribution in [-0.4, -0.2) is 0 Å². The Kier molecular flexibility index (Phi) is 1.47. The van der Waals surface area contributed by atoms with Crippen LogP contribution in [0.1, 0.15) is 59.8 Å². The van der Waals surface area contributed by atoms with Crippen molar-refractivity contribution in [2.45, 2.75) is 59.8 Å². The Hall–Kier alpha value is 0. The van der Waals surface area contributed by atoms with Gasteiger partial charge in [0.1, 0.15) is 0 Å². The van der Waals surface area contributed by atoms with Gasteiger partial charge in [-0.1, -0.05) is 27.7 Å². The van der Waals surface area contributed by atoms with Crippen LogP contribution in [-0.2, 0) is 0 Å². The highest BCUT2D eigenvalue weighted by Gasteiger charge is 2.94. The molecular formula is C14H24. The fourth-order valence-electron chi connectivity index (χ4n) is 5.31. The lowest BCUT2D eigenvalue weighted by molar-refractivity contribution is 0.126. The third kappa shape index (κ3) is 0.823. The molecule has 0 N–H and O–H groups in total. The van der Waals surface area contributed by atoms with Crippen LogP contribution in [0, 0.1) is 28.1 Å². The molecular weight excluding hydrogens is 168 g/mol. The normalized spacial score (nSPS) is 52.7. The number of hydrogen-bond acceptors (Lipinski definition) is 0. The van der Waals surface area contributed by atoms with E-state index in [1.165, 1.54) is 12.8 Å². The minimum absolute atomic E-state index is 0.871. The quantitative estimate of drug-likeness (QED) is 0.624. The third-order valence-electron chi connectivity index (χ3n) is 5.34. The Balaban J connectivity index is 1.65. The summed E-state index contributed by atoms with van der Waals surface area (Å²) < 4.78 is 0. The number of rotatable bonds is 4. The average Bonchev–Trinajstić information content (AvgIpc) is 2.67. The van der Waals surface area contributed by atoms with Crippen LogP contribution in [0.3, 0.4) is 0 Å². The molecule has 3 fully saturated rings. The van der Waals surface area contributed by atoms with E-state index in [9.17, 15) is 0 Å². The first-order chi connectivity index (χ1) is 6.45. The highest BCUT2D eigenvalue weighted by molar-refractivity contribution is 5.43. The molecule has 2 unspecified atom stereocenters. The van der Waals surface area contributed by atoms with Gasteiger partial charge < -0.3 is 0 Å². The molecule has 3 rings (SSSR count). The highest BCUT2D eigenvalue weighted by atomic mass is 15.0. The van der Waals surface area contributed by atoms with E-state index < -0.39 is 0 Å². The summed E-state index contributed by atoms with van der Waals surface area (Å²) in [6.07, 6.45) is 7.84. The van der Waals surface area contributed by atoms with Crippen molar-refractivity contribution >= 4 is 0 Å². The minimum atomic E-state index is 0.871. The highest BCUT2D eigenvalue weighted by Crippen LogP contribution is 3.02. The molecule has 3 saturated carbocycles. The predicted molar refractivity (Wildman–Crippen MR) is 60.1 cm³/mol. The molecule has 0 aromatic carbocycles. The maximum absolute atomic E-state index is 2.39. The van der Waals surface area contributed by atoms with Crippen LogP contribution >= 0.6 is 0 Å². The fraction of sp³-hybridized carbons (Fsp3) is 1.00. The number of hydrogen-bond donors (Lipinski definition) is 0. The van der Waals surface area contributed by atoms with Crippen molar-refractivity contribution in [1.82, 2.24) is 0 Å². The van der Waals surface area contributed by atoms with Crippen molar-refractivity contribution in [3.63, 3.8) is 0 Å². The molecule has 0 amide bonds. The molecule has 0 saturated heterocycles. The topological polar surface area (TPSA) is 0 Å². The molecule has 0 heterocycles. The molecule has 0 heteroatoms. The van der Waals surface area contributed by atoms with Gasteiger partial charge in [-0.3, -0.25) is 0 Å². The predicted octanol–water partition coefficient (Wildman–Crippen LogP) is 4.25. The van der Waals surface area contributed by atoms with E-state index in [1.807, 2.05) is 0 Å². The van der Waals surface area contributed by atoms with E-state index in [-0.39, 0.29) is 0 Å². The lowest BCUT2D eigenvalue weighted by Gasteiger charge is -2.36. The maximum atomic E-state index is 2.39. The van der Waals surface area contributed by atoms with Crippen molar-refractivity contribution < 1.29 is 0 Å². The van der Waals surface area contributed by atoms with Crippen LogP contribution < -0.4 is 0 Å². The Bertz CT molecular complexity index is 248. The van der Waals surface area contributed by atoms with Gasteiger partial charge in [-0.15, -0.1) is 0 Å². The van der Waals surface area contributed by atoms with Crippen molar-refractivity contribution in [2.75, 3.05) is 0 Å². The summed E-state index contributed by atoms with van der Waals surface area (Å²) in [5, 5.41) is 0. The fourth-order valence-corrected chi connectivity index (χ4v) is 5.31. The van der Waals surface area contributed by atoms with Gasteiger partial charge in [-0.2, -0.15) is 0 Å². The monoisotopic (exact) mass is 192 g/mol. The van der Waals surface area contributed by atoms with Gasteiger partial charge in [0, 0.05) is 0 Å². The molecule has 0 aliphatic heterocycles. The van der Waals surface area contributed by atoms with Crippen molar-refractivity contribution in [3.05, 3.63) is 0 Å². The summed E-state index contributed by atoms with van der Waals surface area (Å²) in [4.78, 5) is 0. The van der Waals surface area contributed by atoms with Crippen LogP contribution in [0.25, 0.3) is 0 Å². The molecule has 3 aliphatic rings. The van der Waals surface area contributed by atoms with Gasteiger partial charge in [0.05, 0.1) is 0 Å². The molecule has 0 nitrogen and oxygen atoms in total. The largest absolute Gasteiger partial charge is 0.0628 e. The molecule has 14 heavy (non-hydrogen) atoms. The Morgan fingerprint density at radius 2 is 1.21 bits per heavy atom. The Morgan fingerprint density at radius 1 is 0.786 bits per heavy atom. The molecule has 1 spiro atoms. The molecule has 0 aromatic heterocycles. The molecule has 0 bridgehead atoms. The third-order valence-corrected chi connectivity index (χ3v) is 5.34. The second kappa shape index (κ2) is 2.23. The zero-order valence-corrected chi connectivity index (χ0v) is 10.2. The van der Waals surface area contributed by atoms with Crippen LogP contribution in [0.5, 0.6) is 0 Å². The average molecular weight is 192 g/mol. The van der Waals surface area contributed by atoms with Gasteiger partial charge in [0.15, 0.2) is 0 Å². The molecule has 0 aromatic rings. The Morgan fingerprint density at radius 3 is 1.50 bits per heavy atom. The van der Waals surface area contributed by atoms with E-state index in [2.05, 4.69) is 27.7 Å². The molecule has 0 radical (unpaired) electrons. The maximum Gasteiger partial charge on any atom is -0.0172 e. The zero-order valence-electron chi connectivity index (χ0n) is 10.2. The summed E-state index contributed by atoms with van der Waals surface area (Å²) >= 11 is 0. The van der Waals surface area contributed by atoms with Gasteiger partial charge in [0.25, 0.3) is 0 Å². The van der Waals surface area contributed by atoms with Gasteiger partial charge >= 0.3 is 0 Å². The van der Waals surface area contributed by atoms with Gasteiger partial charge in [0.2, 0.25) is 0 Å². The minimum Gasteiger partial charge on any atom is -0.0628 e. The molecule has 80 valence electrons. The Labute approximate surface area is 88.5 Å². The summed E-state index contributed by atoms with van der Waals surface area (Å²) in [5.41, 5.74) is 2.65. The van der Waals surface area contributed by atoms with Crippen LogP contribution in [0.4, 0.5) is 0 Å². The summed E-state index contributed by atoms with van der Waals surface area (Å²) in [5.74, 6) is 1.85. The van der Waals surface area contributed by atoms with Gasteiger partial charge in [-0.05, 0) is 60.2 Å². The van der Waals surface area contributed by atoms with E-state index in [0.717, 1.165) is 28.1 Å². The van der Waals surface area contributed by atoms with Crippen LogP contribution in [0.15, 0.2) is 0 Å². The van der Waals surface area contributed by atoms with E-state index >= 15 is 0 Å². The second-order valence-electron chi connectivity index (χ2n) is 7.37. The van der Waals surface area contributed by atoms with Crippen molar-refractivity contribution in [3.8, 4) is 0 Å². The first kappa shape index (κ1) is 9.24. The first-order valence-electron chi connectivity index (χ1n) is 6.45. The summed E-state index contributed by atoms with van der Waals surface area (Å²) in [6.45, 7) is 9.58. The lowest BCUT2D eigenvalue weighted by Crippen LogP contribution is -2.28. The van der Waals surface area contributed by atoms with Gasteiger partial charge in [-0.25, -0.2) is 0 Å². The van der Waals surface area contributed by atoms with Crippen molar-refractivity contribution in [2.24, 2.45) is 28.1 Å². The standard InChI is InChI=1S/C14H24/c1-10(2)5-12-7-13(6-11(3)4)9-14(12,13)8-12/h10-11H,5-9H2,1-4H3. The summed E-state index contributed by atoms with van der Waals surface area (Å²) in [6, 6.07) is 0. The van der Waals surface area contributed by atoms with E-state index in [1.54, 1.807) is 19.3 Å². The van der Waals surface area contributed by atoms with E-state index in [4.69, 9.17) is 0 Å². The smallest absolute Gasteiger partial charge is 0.0172 e. The SMILES string of the molecule is CC(C)CC12CC3(CC(C)C)CC13C2. The lowest BCUT2D eigenvalue weighted by atomic mass is 9.68. The van der Waals surface area contributed by atoms with E-state index in [0.29, 0.717) is 0 Å².